The summed E-state index contributed by atoms with van der Waals surface area (Å²) in [6, 6.07) is 41.7. The van der Waals surface area contributed by atoms with Crippen molar-refractivity contribution < 1.29 is 0 Å². The Bertz CT molecular complexity index is 2090. The van der Waals surface area contributed by atoms with Crippen molar-refractivity contribution >= 4 is 23.7 Å². The lowest BCUT2D eigenvalue weighted by Gasteiger charge is -2.21. The molecule has 0 radical (unpaired) electrons. The zero-order chi connectivity index (χ0) is 30.8. The van der Waals surface area contributed by atoms with Crippen LogP contribution in [0, 0.1) is 0 Å². The lowest BCUT2D eigenvalue weighted by Crippen LogP contribution is -2.25. The molecule has 0 amide bonds. The number of rotatable bonds is 4. The number of benzene rings is 5. The molecule has 0 fully saturated rings. The number of aliphatic imine (C=N–C) groups is 1. The normalized spacial score (nSPS) is 16.5. The summed E-state index contributed by atoms with van der Waals surface area (Å²) in [5.41, 5.74) is 14.4. The lowest BCUT2D eigenvalue weighted by atomic mass is 9.89. The van der Waals surface area contributed by atoms with Gasteiger partial charge in [-0.05, 0) is 94.1 Å². The van der Waals surface area contributed by atoms with Gasteiger partial charge < -0.3 is 5.32 Å². The maximum atomic E-state index is 5.20. The number of nitrogens with one attached hydrogen (secondary N) is 1. The van der Waals surface area contributed by atoms with E-state index in [-0.39, 0.29) is 6.04 Å². The highest BCUT2D eigenvalue weighted by Crippen LogP contribution is 2.38. The molecule has 2 heteroatoms. The maximum absolute atomic E-state index is 5.20. The van der Waals surface area contributed by atoms with E-state index in [1.807, 2.05) is 6.07 Å². The fourth-order valence-electron chi connectivity index (χ4n) is 6.57. The van der Waals surface area contributed by atoms with Crippen molar-refractivity contribution in [2.45, 2.75) is 39.2 Å². The quantitative estimate of drug-likeness (QED) is 0.210. The Morgan fingerprint density at radius 1 is 0.756 bits per heavy atom. The van der Waals surface area contributed by atoms with Crippen LogP contribution in [0.5, 0.6) is 0 Å². The van der Waals surface area contributed by atoms with Crippen molar-refractivity contribution in [3.63, 3.8) is 0 Å². The molecule has 1 aliphatic heterocycles. The molecule has 2 aliphatic rings. The molecule has 2 nitrogen and oxygen atoms in total. The van der Waals surface area contributed by atoms with Gasteiger partial charge in [0.1, 0.15) is 0 Å². The second-order valence-electron chi connectivity index (χ2n) is 12.1. The maximum Gasteiger partial charge on any atom is 0.0780 e. The first kappa shape index (κ1) is 28.6. The molecule has 7 rings (SSSR count). The van der Waals surface area contributed by atoms with Crippen LogP contribution in [-0.2, 0) is 6.42 Å². The number of hydrogen-bond donors (Lipinski definition) is 1. The molecule has 1 atom stereocenters. The number of para-hydroxylation sites is 1. The molecular weight excluding hydrogens is 544 g/mol. The van der Waals surface area contributed by atoms with Crippen molar-refractivity contribution in [2.24, 2.45) is 4.99 Å². The van der Waals surface area contributed by atoms with E-state index in [4.69, 9.17) is 4.99 Å². The minimum absolute atomic E-state index is 0.147. The molecule has 0 aromatic heterocycles. The minimum atomic E-state index is 0.147. The molecule has 220 valence electrons. The first-order valence-corrected chi connectivity index (χ1v) is 15.9. The fraction of sp³-hybridized carbons (Fsp3) is 0.140. The summed E-state index contributed by atoms with van der Waals surface area (Å²) >= 11 is 0. The standard InChI is InChI=1S/C43H38N2/c1-29-13-7-10-18-38(29)43(34-14-5-4-6-15-34)45-30(2)32-21-23-33(24-22-32)35-25-26-40-39-19-11-8-16-36(39)27-37-17-9-12-20-42(37)44-31(3)41(40)28-35/h5,7-26,28,31,44H,1,4,6,27H2,2-3H3/b43-38-,45-30+. The molecule has 45 heavy (non-hydrogen) atoms. The number of nitrogens with zero attached hydrogens (tertiary/aromatic N) is 1. The predicted octanol–water partition coefficient (Wildman–Crippen LogP) is 9.40. The fourth-order valence-corrected chi connectivity index (χ4v) is 6.57. The van der Waals surface area contributed by atoms with Gasteiger partial charge in [0.25, 0.3) is 0 Å². The van der Waals surface area contributed by atoms with Crippen LogP contribution in [0.4, 0.5) is 5.69 Å². The van der Waals surface area contributed by atoms with Gasteiger partial charge in [-0.1, -0.05) is 128 Å². The van der Waals surface area contributed by atoms with E-state index < -0.39 is 0 Å². The van der Waals surface area contributed by atoms with E-state index in [9.17, 15) is 0 Å². The average Bonchev–Trinajstić information content (AvgIpc) is 3.13. The zero-order valence-corrected chi connectivity index (χ0v) is 26.1. The highest BCUT2D eigenvalue weighted by molar-refractivity contribution is 6.02. The largest absolute Gasteiger partial charge is 0.378 e. The second-order valence-corrected chi connectivity index (χ2v) is 12.1. The molecule has 0 spiro atoms. The number of hydrogen-bond acceptors (Lipinski definition) is 2. The molecule has 1 heterocycles. The van der Waals surface area contributed by atoms with Crippen molar-refractivity contribution in [3.05, 3.63) is 172 Å². The van der Waals surface area contributed by atoms with Crippen LogP contribution < -0.4 is 15.8 Å². The van der Waals surface area contributed by atoms with Crippen LogP contribution >= 0.6 is 0 Å². The Morgan fingerprint density at radius 2 is 1.49 bits per heavy atom. The topological polar surface area (TPSA) is 24.4 Å². The van der Waals surface area contributed by atoms with E-state index in [1.54, 1.807) is 0 Å². The van der Waals surface area contributed by atoms with Crippen LogP contribution in [0.2, 0.25) is 0 Å². The zero-order valence-electron chi connectivity index (χ0n) is 26.1. The van der Waals surface area contributed by atoms with Crippen LogP contribution in [0.15, 0.2) is 144 Å². The van der Waals surface area contributed by atoms with Gasteiger partial charge >= 0.3 is 0 Å². The van der Waals surface area contributed by atoms with Gasteiger partial charge in [0, 0.05) is 29.1 Å². The molecule has 1 N–H and O–H groups in total. The van der Waals surface area contributed by atoms with E-state index in [2.05, 4.69) is 153 Å². The van der Waals surface area contributed by atoms with Gasteiger partial charge in [-0.25, -0.2) is 0 Å². The van der Waals surface area contributed by atoms with Gasteiger partial charge in [0.05, 0.1) is 5.70 Å². The number of anilines is 1. The Labute approximate surface area is 266 Å². The number of allylic oxidation sites excluding steroid dienone is 2. The molecule has 0 saturated heterocycles. The van der Waals surface area contributed by atoms with Crippen LogP contribution in [0.1, 0.15) is 55.0 Å². The van der Waals surface area contributed by atoms with Gasteiger partial charge in [0.2, 0.25) is 0 Å². The van der Waals surface area contributed by atoms with E-state index in [1.165, 1.54) is 44.6 Å². The summed E-state index contributed by atoms with van der Waals surface area (Å²) in [6.07, 6.45) is 9.73. The van der Waals surface area contributed by atoms with Crippen molar-refractivity contribution in [2.75, 3.05) is 5.32 Å². The van der Waals surface area contributed by atoms with Crippen molar-refractivity contribution in [1.82, 2.24) is 0 Å². The molecular formula is C43H38N2. The van der Waals surface area contributed by atoms with Crippen LogP contribution in [-0.4, -0.2) is 5.71 Å². The third-order valence-electron chi connectivity index (χ3n) is 9.05. The molecule has 0 saturated carbocycles. The summed E-state index contributed by atoms with van der Waals surface area (Å²) in [5, 5.41) is 5.89. The van der Waals surface area contributed by atoms with Gasteiger partial charge in [-0.15, -0.1) is 0 Å². The van der Waals surface area contributed by atoms with Gasteiger partial charge in [0.15, 0.2) is 0 Å². The highest BCUT2D eigenvalue weighted by atomic mass is 14.9. The molecule has 0 bridgehead atoms. The third-order valence-corrected chi connectivity index (χ3v) is 9.05. The molecule has 1 unspecified atom stereocenters. The lowest BCUT2D eigenvalue weighted by molar-refractivity contribution is 0.886. The first-order valence-electron chi connectivity index (χ1n) is 15.9. The Kier molecular flexibility index (Phi) is 7.88. The van der Waals surface area contributed by atoms with Crippen molar-refractivity contribution in [1.29, 1.82) is 0 Å². The Morgan fingerprint density at radius 3 is 2.29 bits per heavy atom. The predicted molar refractivity (Wildman–Crippen MR) is 192 cm³/mol. The summed E-state index contributed by atoms with van der Waals surface area (Å²) in [6.45, 7) is 8.66. The summed E-state index contributed by atoms with van der Waals surface area (Å²) in [7, 11) is 0. The monoisotopic (exact) mass is 582 g/mol. The molecule has 5 aromatic carbocycles. The Balaban J connectivity index is 1.26. The van der Waals surface area contributed by atoms with E-state index >= 15 is 0 Å². The minimum Gasteiger partial charge on any atom is -0.378 e. The van der Waals surface area contributed by atoms with Crippen LogP contribution in [0.25, 0.3) is 34.5 Å². The SMILES string of the molecule is C=c1cccc/c1=C(/N=C(\C)c1ccc(-c2ccc3c(c2)C(C)Nc2ccccc2Cc2ccccc2-3)cc1)C1=CCCC=C1. The summed E-state index contributed by atoms with van der Waals surface area (Å²) in [5.74, 6) is 0. The van der Waals surface area contributed by atoms with E-state index in [0.29, 0.717) is 0 Å². The second kappa shape index (κ2) is 12.4. The smallest absolute Gasteiger partial charge is 0.0780 e. The first-order chi connectivity index (χ1) is 22.0. The summed E-state index contributed by atoms with van der Waals surface area (Å²) in [4.78, 5) is 5.20. The van der Waals surface area contributed by atoms with Gasteiger partial charge in [-0.3, -0.25) is 4.99 Å². The van der Waals surface area contributed by atoms with Crippen LogP contribution in [0.3, 0.4) is 0 Å². The van der Waals surface area contributed by atoms with E-state index in [0.717, 1.165) is 52.2 Å². The third kappa shape index (κ3) is 5.84. The van der Waals surface area contributed by atoms with Crippen molar-refractivity contribution in [3.8, 4) is 22.3 Å². The molecule has 1 aliphatic carbocycles. The average molecular weight is 583 g/mol. The highest BCUT2D eigenvalue weighted by Gasteiger charge is 2.20. The molecule has 5 aromatic rings. The summed E-state index contributed by atoms with van der Waals surface area (Å²) < 4.78 is 0. The Hall–Kier alpha value is -5.21. The number of fused-ring (bicyclic) bond motifs is 4. The van der Waals surface area contributed by atoms with Gasteiger partial charge in [-0.2, -0.15) is 0 Å².